The lowest BCUT2D eigenvalue weighted by Gasteiger charge is -2.12. The first-order valence-electron chi connectivity index (χ1n) is 12.4. The molecule has 0 radical (unpaired) electrons. The molecule has 4 aromatic rings. The van der Waals surface area contributed by atoms with Crippen molar-refractivity contribution in [1.29, 1.82) is 0 Å². The lowest BCUT2D eigenvalue weighted by molar-refractivity contribution is -0.141. The minimum absolute atomic E-state index is 0.0170. The number of nitrogens with one attached hydrogen (secondary N) is 2. The third kappa shape index (κ3) is 6.83. The number of hydrogen-bond donors (Lipinski definition) is 3. The summed E-state index contributed by atoms with van der Waals surface area (Å²) in [5.74, 6) is -2.47. The number of halogens is 4. The van der Waals surface area contributed by atoms with Crippen LogP contribution in [0.4, 0.5) is 23.2 Å². The Hall–Kier alpha value is -4.56. The smallest absolute Gasteiger partial charge is 0.351 e. The Morgan fingerprint density at radius 2 is 1.74 bits per heavy atom. The largest absolute Gasteiger partial charge is 0.435 e. The highest BCUT2D eigenvalue weighted by molar-refractivity contribution is 7.90. The Kier molecular flexibility index (Phi) is 8.50. The third-order valence-corrected chi connectivity index (χ3v) is 7.24. The number of sulfone groups is 1. The van der Waals surface area contributed by atoms with Crippen molar-refractivity contribution in [1.82, 2.24) is 15.1 Å². The van der Waals surface area contributed by atoms with Gasteiger partial charge in [-0.05, 0) is 48.4 Å². The molecule has 1 heterocycles. The molecule has 0 fully saturated rings. The molecule has 0 aliphatic carbocycles. The minimum Gasteiger partial charge on any atom is -0.351 e. The quantitative estimate of drug-likeness (QED) is 0.257. The van der Waals surface area contributed by atoms with Crippen LogP contribution in [0.1, 0.15) is 28.7 Å². The van der Waals surface area contributed by atoms with Crippen LogP contribution < -0.4 is 16.4 Å². The lowest BCUT2D eigenvalue weighted by atomic mass is 10.0. The number of hydrogen-bond acceptors (Lipinski definition) is 6. The fourth-order valence-corrected chi connectivity index (χ4v) is 4.94. The molecule has 14 heteroatoms. The van der Waals surface area contributed by atoms with Crippen molar-refractivity contribution < 1.29 is 35.6 Å². The molecular weight excluding hydrogens is 578 g/mol. The van der Waals surface area contributed by atoms with Crippen LogP contribution in [0.25, 0.3) is 16.8 Å². The normalized spacial score (nSPS) is 12.5. The molecule has 3 aromatic carbocycles. The van der Waals surface area contributed by atoms with Gasteiger partial charge in [0.25, 0.3) is 5.91 Å². The molecule has 0 bridgehead atoms. The van der Waals surface area contributed by atoms with Gasteiger partial charge in [-0.3, -0.25) is 9.59 Å². The van der Waals surface area contributed by atoms with Crippen LogP contribution in [0.5, 0.6) is 0 Å². The Bertz CT molecular complexity index is 1770. The molecule has 2 amide bonds. The molecule has 0 aliphatic rings. The maximum absolute atomic E-state index is 15.1. The second-order valence-electron chi connectivity index (χ2n) is 9.42. The maximum Gasteiger partial charge on any atom is 0.435 e. The highest BCUT2D eigenvalue weighted by Gasteiger charge is 2.36. The number of carbonyl (C=O) groups excluding carboxylic acids is 2. The van der Waals surface area contributed by atoms with Gasteiger partial charge in [0.05, 0.1) is 22.3 Å². The van der Waals surface area contributed by atoms with Gasteiger partial charge in [-0.25, -0.2) is 17.5 Å². The van der Waals surface area contributed by atoms with E-state index in [0.29, 0.717) is 11.6 Å². The molecule has 9 nitrogen and oxygen atoms in total. The van der Waals surface area contributed by atoms with Crippen molar-refractivity contribution in [3.05, 3.63) is 95.6 Å². The topological polar surface area (TPSA) is 136 Å². The van der Waals surface area contributed by atoms with Crippen molar-refractivity contribution in [2.75, 3.05) is 11.6 Å². The van der Waals surface area contributed by atoms with E-state index in [0.717, 1.165) is 17.0 Å². The van der Waals surface area contributed by atoms with E-state index in [1.54, 1.807) is 12.1 Å². The summed E-state index contributed by atoms with van der Waals surface area (Å²) in [5, 5.41) is 8.40. The van der Waals surface area contributed by atoms with Gasteiger partial charge in [0.15, 0.2) is 15.5 Å². The van der Waals surface area contributed by atoms with Crippen LogP contribution >= 0.6 is 0 Å². The Labute approximate surface area is 238 Å². The maximum atomic E-state index is 15.1. The zero-order chi connectivity index (χ0) is 30.8. The summed E-state index contributed by atoms with van der Waals surface area (Å²) in [7, 11) is -3.64. The van der Waals surface area contributed by atoms with Crippen molar-refractivity contribution in [2.24, 2.45) is 5.73 Å². The molecule has 220 valence electrons. The standard InChI is InChI=1S/C28H25F4N5O4S/c1-16(33)26(38)34-15-17-6-5-7-19(12-17)37-23(14-25(36-37)28(30,31)32)27(39)35-22-11-10-18(13-21(22)29)20-8-3-4-9-24(20)42(2,40)41/h3-14,16H,15,33H2,1-2H3,(H,34,38)(H,35,39)/t16-/m1/s1. The summed E-state index contributed by atoms with van der Waals surface area (Å²) in [4.78, 5) is 24.9. The highest BCUT2D eigenvalue weighted by atomic mass is 32.2. The summed E-state index contributed by atoms with van der Waals surface area (Å²) in [6.07, 6.45) is -3.87. The number of anilines is 1. The number of rotatable bonds is 8. The number of benzene rings is 3. The zero-order valence-corrected chi connectivity index (χ0v) is 23.1. The van der Waals surface area contributed by atoms with Gasteiger partial charge in [-0.15, -0.1) is 0 Å². The first-order chi connectivity index (χ1) is 19.6. The van der Waals surface area contributed by atoms with Crippen LogP contribution in [0, 0.1) is 5.82 Å². The number of aromatic nitrogens is 2. The van der Waals surface area contributed by atoms with E-state index in [1.807, 2.05) is 0 Å². The fourth-order valence-electron chi connectivity index (χ4n) is 4.03. The van der Waals surface area contributed by atoms with Gasteiger partial charge in [0.2, 0.25) is 5.91 Å². The Morgan fingerprint density at radius 1 is 1.02 bits per heavy atom. The van der Waals surface area contributed by atoms with Crippen molar-refractivity contribution in [3.63, 3.8) is 0 Å². The average molecular weight is 604 g/mol. The third-order valence-electron chi connectivity index (χ3n) is 6.08. The van der Waals surface area contributed by atoms with Crippen LogP contribution in [0.15, 0.2) is 77.7 Å². The van der Waals surface area contributed by atoms with Crippen LogP contribution in [0.3, 0.4) is 0 Å². The van der Waals surface area contributed by atoms with Gasteiger partial charge in [-0.2, -0.15) is 18.3 Å². The van der Waals surface area contributed by atoms with Crippen LogP contribution in [-0.2, 0) is 27.4 Å². The van der Waals surface area contributed by atoms with E-state index in [-0.39, 0.29) is 33.9 Å². The second-order valence-corrected chi connectivity index (χ2v) is 11.4. The van der Waals surface area contributed by atoms with E-state index in [9.17, 15) is 31.2 Å². The van der Waals surface area contributed by atoms with Gasteiger partial charge < -0.3 is 16.4 Å². The Balaban J connectivity index is 1.66. The molecule has 1 atom stereocenters. The van der Waals surface area contributed by atoms with E-state index in [2.05, 4.69) is 15.7 Å². The molecule has 0 saturated carbocycles. The number of alkyl halides is 3. The monoisotopic (exact) mass is 603 g/mol. The molecule has 42 heavy (non-hydrogen) atoms. The molecule has 0 aliphatic heterocycles. The van der Waals surface area contributed by atoms with Gasteiger partial charge in [-0.1, -0.05) is 36.4 Å². The number of amides is 2. The Morgan fingerprint density at radius 3 is 2.38 bits per heavy atom. The molecule has 4 N–H and O–H groups in total. The van der Waals surface area contributed by atoms with Crippen molar-refractivity contribution in [2.45, 2.75) is 30.6 Å². The van der Waals surface area contributed by atoms with E-state index >= 15 is 4.39 Å². The van der Waals surface area contributed by atoms with Crippen LogP contribution in [-0.4, -0.2) is 42.3 Å². The fraction of sp³-hybridized carbons (Fsp3) is 0.179. The van der Waals surface area contributed by atoms with Gasteiger partial charge in [0.1, 0.15) is 11.5 Å². The lowest BCUT2D eigenvalue weighted by Crippen LogP contribution is -2.37. The summed E-state index contributed by atoms with van der Waals surface area (Å²) in [6, 6.07) is 15.3. The number of carbonyl (C=O) groups is 2. The molecule has 0 spiro atoms. The summed E-state index contributed by atoms with van der Waals surface area (Å²) in [5.41, 5.74) is 4.31. The molecule has 0 saturated heterocycles. The van der Waals surface area contributed by atoms with E-state index in [4.69, 9.17) is 5.73 Å². The van der Waals surface area contributed by atoms with E-state index in [1.165, 1.54) is 55.5 Å². The highest BCUT2D eigenvalue weighted by Crippen LogP contribution is 2.32. The van der Waals surface area contributed by atoms with E-state index < -0.39 is 51.1 Å². The molecule has 4 rings (SSSR count). The molecule has 1 aromatic heterocycles. The number of nitrogens with two attached hydrogens (primary N) is 1. The summed E-state index contributed by atoms with van der Waals surface area (Å²) >= 11 is 0. The minimum atomic E-state index is -4.89. The first kappa shape index (κ1) is 30.4. The van der Waals surface area contributed by atoms with Crippen molar-refractivity contribution >= 4 is 27.3 Å². The molecule has 0 unspecified atom stereocenters. The molecular formula is C28H25F4N5O4S. The van der Waals surface area contributed by atoms with Gasteiger partial charge in [0, 0.05) is 24.4 Å². The second kappa shape index (κ2) is 11.7. The SMILES string of the molecule is C[C@@H](N)C(=O)NCc1cccc(-n2nc(C(F)(F)F)cc2C(=O)Nc2ccc(-c3ccccc3S(C)(=O)=O)cc2F)c1. The van der Waals surface area contributed by atoms with Crippen LogP contribution in [0.2, 0.25) is 0 Å². The van der Waals surface area contributed by atoms with Crippen molar-refractivity contribution in [3.8, 4) is 16.8 Å². The number of nitrogens with zero attached hydrogens (tertiary/aromatic N) is 2. The first-order valence-corrected chi connectivity index (χ1v) is 14.2. The summed E-state index contributed by atoms with van der Waals surface area (Å²) in [6.45, 7) is 1.51. The zero-order valence-electron chi connectivity index (χ0n) is 22.2. The van der Waals surface area contributed by atoms with Gasteiger partial charge >= 0.3 is 6.18 Å². The average Bonchev–Trinajstić information content (AvgIpc) is 3.39. The summed E-state index contributed by atoms with van der Waals surface area (Å²) < 4.78 is 80.9. The predicted octanol–water partition coefficient (Wildman–Crippen LogP) is 4.32. The predicted molar refractivity (Wildman–Crippen MR) is 147 cm³/mol.